The third kappa shape index (κ3) is 20.2. The summed E-state index contributed by atoms with van der Waals surface area (Å²) in [6, 6.07) is 0. The third-order valence-electron chi connectivity index (χ3n) is 9.93. The predicted molar refractivity (Wildman–Crippen MR) is 182 cm³/mol. The van der Waals surface area contributed by atoms with Crippen molar-refractivity contribution < 1.29 is 34.8 Å². The summed E-state index contributed by atoms with van der Waals surface area (Å²) in [4.78, 5) is 35.6. The maximum absolute atomic E-state index is 12.5. The fourth-order valence-corrected chi connectivity index (χ4v) is 7.09. The Morgan fingerprint density at radius 2 is 0.800 bits per heavy atom. The van der Waals surface area contributed by atoms with Gasteiger partial charge in [0, 0.05) is 19.4 Å². The molecule has 0 aromatic heterocycles. The Hall–Kier alpha value is -1.67. The second-order valence-electron chi connectivity index (χ2n) is 13.8. The SMILES string of the molecule is O=C(O)CCCCCCCCCCCCCCCN1CCC(O)[C@@]1(CCCCCCCCCCCCCCCC(=O)O)C(=O)O. The Morgan fingerprint density at radius 1 is 0.489 bits per heavy atom. The number of carbonyl (C=O) groups is 3. The minimum Gasteiger partial charge on any atom is -0.481 e. The zero-order chi connectivity index (χ0) is 33.0. The van der Waals surface area contributed by atoms with E-state index in [4.69, 9.17) is 10.2 Å². The van der Waals surface area contributed by atoms with Crippen LogP contribution in [0.3, 0.4) is 0 Å². The highest BCUT2D eigenvalue weighted by molar-refractivity contribution is 5.80. The number of likely N-dealkylation sites (tertiary alicyclic amines) is 1. The van der Waals surface area contributed by atoms with Crippen LogP contribution in [-0.4, -0.2) is 68.0 Å². The van der Waals surface area contributed by atoms with Crippen LogP contribution < -0.4 is 0 Å². The number of nitrogens with zero attached hydrogens (tertiary/aromatic N) is 1. The summed E-state index contributed by atoms with van der Waals surface area (Å²) in [5.74, 6) is -2.23. The van der Waals surface area contributed by atoms with E-state index in [-0.39, 0.29) is 0 Å². The molecule has 0 amide bonds. The molecule has 1 heterocycles. The lowest BCUT2D eigenvalue weighted by Gasteiger charge is -2.37. The Labute approximate surface area is 274 Å². The molecule has 8 nitrogen and oxygen atoms in total. The number of rotatable bonds is 33. The van der Waals surface area contributed by atoms with Gasteiger partial charge >= 0.3 is 17.9 Å². The quantitative estimate of drug-likeness (QED) is 0.0522. The number of hydrogen-bond donors (Lipinski definition) is 4. The Morgan fingerprint density at radius 3 is 1.13 bits per heavy atom. The van der Waals surface area contributed by atoms with Gasteiger partial charge in [0.05, 0.1) is 6.10 Å². The number of carboxylic acids is 3. The number of aliphatic hydroxyl groups excluding tert-OH is 1. The molecule has 2 atom stereocenters. The van der Waals surface area contributed by atoms with E-state index in [0.717, 1.165) is 77.2 Å². The van der Waals surface area contributed by atoms with Crippen molar-refractivity contribution in [2.45, 2.75) is 204 Å². The van der Waals surface area contributed by atoms with Crippen LogP contribution in [0.4, 0.5) is 0 Å². The van der Waals surface area contributed by atoms with Gasteiger partial charge in [-0.05, 0) is 38.6 Å². The Bertz CT molecular complexity index is 761. The summed E-state index contributed by atoms with van der Waals surface area (Å²) in [7, 11) is 0. The Kier molecular flexibility index (Phi) is 25.2. The normalized spacial score (nSPS) is 18.5. The van der Waals surface area contributed by atoms with Crippen LogP contribution in [0.2, 0.25) is 0 Å². The first-order chi connectivity index (χ1) is 21.8. The molecule has 0 aromatic rings. The van der Waals surface area contributed by atoms with Crippen molar-refractivity contribution >= 4 is 17.9 Å². The minimum absolute atomic E-state index is 0.293. The summed E-state index contributed by atoms with van der Waals surface area (Å²) in [5.41, 5.74) is -1.11. The summed E-state index contributed by atoms with van der Waals surface area (Å²) in [5, 5.41) is 38.3. The van der Waals surface area contributed by atoms with Crippen LogP contribution in [0.5, 0.6) is 0 Å². The molecule has 0 bridgehead atoms. The zero-order valence-electron chi connectivity index (χ0n) is 28.7. The van der Waals surface area contributed by atoms with E-state index in [1.54, 1.807) is 0 Å². The largest absolute Gasteiger partial charge is 0.481 e. The molecule has 1 aliphatic heterocycles. The molecule has 1 unspecified atom stereocenters. The highest BCUT2D eigenvalue weighted by Crippen LogP contribution is 2.35. The molecule has 264 valence electrons. The topological polar surface area (TPSA) is 135 Å². The van der Waals surface area contributed by atoms with E-state index in [0.29, 0.717) is 32.2 Å². The summed E-state index contributed by atoms with van der Waals surface area (Å²) < 4.78 is 0. The molecule has 0 radical (unpaired) electrons. The Balaban J connectivity index is 2.06. The van der Waals surface area contributed by atoms with Crippen LogP contribution in [0.25, 0.3) is 0 Å². The van der Waals surface area contributed by atoms with Gasteiger partial charge in [-0.25, -0.2) is 0 Å². The van der Waals surface area contributed by atoms with Gasteiger partial charge in [-0.1, -0.05) is 148 Å². The number of aliphatic carboxylic acids is 3. The lowest BCUT2D eigenvalue weighted by atomic mass is 9.86. The van der Waals surface area contributed by atoms with E-state index in [1.165, 1.54) is 96.3 Å². The molecule has 0 spiro atoms. The average Bonchev–Trinajstić information content (AvgIpc) is 3.32. The molecule has 45 heavy (non-hydrogen) atoms. The lowest BCUT2D eigenvalue weighted by Crippen LogP contribution is -2.56. The smallest absolute Gasteiger partial charge is 0.326 e. The monoisotopic (exact) mass is 640 g/mol. The molecule has 0 aliphatic carbocycles. The number of carboxylic acid groups (broad SMARTS) is 3. The van der Waals surface area contributed by atoms with Gasteiger partial charge in [0.2, 0.25) is 0 Å². The van der Waals surface area contributed by atoms with Crippen LogP contribution >= 0.6 is 0 Å². The van der Waals surface area contributed by atoms with E-state index < -0.39 is 29.6 Å². The van der Waals surface area contributed by atoms with Crippen molar-refractivity contribution in [3.05, 3.63) is 0 Å². The van der Waals surface area contributed by atoms with Gasteiger partial charge in [0.15, 0.2) is 0 Å². The molecule has 0 aromatic carbocycles. The van der Waals surface area contributed by atoms with Gasteiger partial charge in [-0.3, -0.25) is 19.3 Å². The number of unbranched alkanes of at least 4 members (excludes halogenated alkanes) is 24. The maximum Gasteiger partial charge on any atom is 0.326 e. The number of aliphatic hydroxyl groups is 1. The fraction of sp³-hybridized carbons (Fsp3) is 0.919. The van der Waals surface area contributed by atoms with Crippen molar-refractivity contribution in [3.8, 4) is 0 Å². The van der Waals surface area contributed by atoms with Crippen molar-refractivity contribution in [3.63, 3.8) is 0 Å². The van der Waals surface area contributed by atoms with Crippen molar-refractivity contribution in [1.82, 2.24) is 4.90 Å². The summed E-state index contributed by atoms with van der Waals surface area (Å²) in [6.45, 7) is 1.44. The summed E-state index contributed by atoms with van der Waals surface area (Å²) in [6.07, 6.45) is 30.6. The fourth-order valence-electron chi connectivity index (χ4n) is 7.09. The molecule has 8 heteroatoms. The highest BCUT2D eigenvalue weighted by Gasteiger charge is 2.53. The first-order valence-electron chi connectivity index (χ1n) is 18.9. The first-order valence-corrected chi connectivity index (χ1v) is 18.9. The van der Waals surface area contributed by atoms with E-state index in [1.807, 2.05) is 0 Å². The van der Waals surface area contributed by atoms with Gasteiger partial charge < -0.3 is 20.4 Å². The van der Waals surface area contributed by atoms with Crippen molar-refractivity contribution in [2.24, 2.45) is 0 Å². The minimum atomic E-state index is -1.11. The van der Waals surface area contributed by atoms with Crippen LogP contribution in [0.15, 0.2) is 0 Å². The predicted octanol–water partition coefficient (Wildman–Crippen LogP) is 9.36. The van der Waals surface area contributed by atoms with Crippen LogP contribution in [0.1, 0.15) is 193 Å². The molecule has 1 rings (SSSR count). The second-order valence-corrected chi connectivity index (χ2v) is 13.8. The standard InChI is InChI=1S/C37H69NO7/c39-33-29-32-38(31-26-22-18-14-10-6-2-4-8-12-16-20-24-28-35(42)43)37(33,36(44)45)30-25-21-17-13-9-5-1-3-7-11-15-19-23-27-34(40)41/h33,39H,1-32H2,(H,40,41)(H,42,43)(H,44,45)/t33?,37-/m0/s1. The molecular weight excluding hydrogens is 570 g/mol. The zero-order valence-corrected chi connectivity index (χ0v) is 28.7. The summed E-state index contributed by atoms with van der Waals surface area (Å²) >= 11 is 0. The second kappa shape index (κ2) is 27.4. The van der Waals surface area contributed by atoms with Crippen LogP contribution in [-0.2, 0) is 14.4 Å². The van der Waals surface area contributed by atoms with E-state index in [9.17, 15) is 24.6 Å². The van der Waals surface area contributed by atoms with Gasteiger partial charge in [0.1, 0.15) is 5.54 Å². The van der Waals surface area contributed by atoms with Crippen molar-refractivity contribution in [2.75, 3.05) is 13.1 Å². The lowest BCUT2D eigenvalue weighted by molar-refractivity contribution is -0.156. The maximum atomic E-state index is 12.5. The molecule has 1 fully saturated rings. The third-order valence-corrected chi connectivity index (χ3v) is 9.93. The number of hydrogen-bond acceptors (Lipinski definition) is 5. The molecular formula is C37H69NO7. The van der Waals surface area contributed by atoms with Gasteiger partial charge in [-0.15, -0.1) is 0 Å². The van der Waals surface area contributed by atoms with Crippen LogP contribution in [0, 0.1) is 0 Å². The van der Waals surface area contributed by atoms with Gasteiger partial charge in [-0.2, -0.15) is 0 Å². The average molecular weight is 640 g/mol. The molecule has 4 N–H and O–H groups in total. The highest BCUT2D eigenvalue weighted by atomic mass is 16.4. The van der Waals surface area contributed by atoms with E-state index in [2.05, 4.69) is 4.90 Å². The molecule has 1 aliphatic rings. The molecule has 1 saturated heterocycles. The van der Waals surface area contributed by atoms with Crippen molar-refractivity contribution in [1.29, 1.82) is 0 Å². The molecule has 0 saturated carbocycles. The van der Waals surface area contributed by atoms with E-state index >= 15 is 0 Å². The van der Waals surface area contributed by atoms with Gasteiger partial charge in [0.25, 0.3) is 0 Å². The first kappa shape index (κ1) is 41.4.